The molecule has 4 amide bonds. The number of nitrogens with zero attached hydrogens (tertiary/aromatic N) is 4. The van der Waals surface area contributed by atoms with Gasteiger partial charge in [-0.25, -0.2) is 4.79 Å². The molecule has 0 spiro atoms. The number of rotatable bonds is 2. The predicted molar refractivity (Wildman–Crippen MR) is 71.6 cm³/mol. The van der Waals surface area contributed by atoms with Crippen molar-refractivity contribution in [2.45, 2.75) is 20.4 Å². The van der Waals surface area contributed by atoms with Crippen LogP contribution in [0.15, 0.2) is 11.8 Å². The van der Waals surface area contributed by atoms with Crippen molar-refractivity contribution < 1.29 is 14.4 Å². The molecule has 20 heavy (non-hydrogen) atoms. The Morgan fingerprint density at radius 1 is 1.15 bits per heavy atom. The van der Waals surface area contributed by atoms with E-state index in [1.807, 2.05) is 13.8 Å². The summed E-state index contributed by atoms with van der Waals surface area (Å²) in [5.74, 6) is -1.19. The van der Waals surface area contributed by atoms with Gasteiger partial charge in [0.1, 0.15) is 5.57 Å². The molecule has 106 valence electrons. The van der Waals surface area contributed by atoms with Crippen LogP contribution in [0.25, 0.3) is 6.08 Å². The fourth-order valence-electron chi connectivity index (χ4n) is 2.05. The quantitative estimate of drug-likeness (QED) is 0.587. The largest absolute Gasteiger partial charge is 0.333 e. The third-order valence-corrected chi connectivity index (χ3v) is 3.38. The molecule has 2 heterocycles. The van der Waals surface area contributed by atoms with Crippen LogP contribution in [-0.4, -0.2) is 51.5 Å². The zero-order valence-corrected chi connectivity index (χ0v) is 11.9. The second-order valence-corrected chi connectivity index (χ2v) is 4.57. The molecule has 0 radical (unpaired) electrons. The molecule has 0 N–H and O–H groups in total. The van der Waals surface area contributed by atoms with Crippen molar-refractivity contribution in [3.8, 4) is 0 Å². The average molecular weight is 276 g/mol. The Morgan fingerprint density at radius 3 is 2.15 bits per heavy atom. The van der Waals surface area contributed by atoms with E-state index in [0.29, 0.717) is 12.1 Å². The van der Waals surface area contributed by atoms with Gasteiger partial charge in [-0.15, -0.1) is 0 Å². The third-order valence-electron chi connectivity index (χ3n) is 3.38. The van der Waals surface area contributed by atoms with Crippen molar-refractivity contribution in [1.29, 1.82) is 0 Å². The predicted octanol–water partition coefficient (Wildman–Crippen LogP) is 0.645. The molecule has 1 fully saturated rings. The van der Waals surface area contributed by atoms with Crippen LogP contribution >= 0.6 is 0 Å². The molecular formula is C13H16N4O3. The molecule has 1 aromatic rings. The van der Waals surface area contributed by atoms with E-state index in [-0.39, 0.29) is 5.57 Å². The summed E-state index contributed by atoms with van der Waals surface area (Å²) in [6.45, 7) is 4.52. The number of carbonyl (C=O) groups is 3. The number of imide groups is 2. The van der Waals surface area contributed by atoms with E-state index >= 15 is 0 Å². The number of hydrogen-bond acceptors (Lipinski definition) is 4. The Labute approximate surface area is 116 Å². The van der Waals surface area contributed by atoms with Gasteiger partial charge in [-0.3, -0.25) is 24.1 Å². The van der Waals surface area contributed by atoms with Gasteiger partial charge in [0.2, 0.25) is 0 Å². The minimum Gasteiger partial charge on any atom is -0.270 e. The molecule has 1 aliphatic rings. The lowest BCUT2D eigenvalue weighted by Gasteiger charge is -2.28. The maximum absolute atomic E-state index is 12.0. The smallest absolute Gasteiger partial charge is 0.270 e. The van der Waals surface area contributed by atoms with E-state index in [9.17, 15) is 14.4 Å². The number of likely N-dealkylation sites (N-methyl/N-ethyl adjacent to an activating group) is 2. The number of hydrogen-bond donors (Lipinski definition) is 0. The third kappa shape index (κ3) is 2.01. The van der Waals surface area contributed by atoms with E-state index in [1.54, 1.807) is 10.9 Å². The van der Waals surface area contributed by atoms with Gasteiger partial charge in [-0.05, 0) is 19.9 Å². The van der Waals surface area contributed by atoms with Crippen LogP contribution in [0, 0.1) is 6.92 Å². The highest BCUT2D eigenvalue weighted by molar-refractivity contribution is 6.30. The molecule has 2 rings (SSSR count). The fourth-order valence-corrected chi connectivity index (χ4v) is 2.05. The first kappa shape index (κ1) is 14.0. The molecule has 0 unspecified atom stereocenters. The zero-order chi connectivity index (χ0) is 15.0. The van der Waals surface area contributed by atoms with Gasteiger partial charge in [-0.1, -0.05) is 0 Å². The second-order valence-electron chi connectivity index (χ2n) is 4.57. The monoisotopic (exact) mass is 276 g/mol. The molecule has 0 atom stereocenters. The number of aryl methyl sites for hydroxylation is 1. The lowest BCUT2D eigenvalue weighted by atomic mass is 10.1. The standard InChI is InChI=1S/C13H16N4O3/c1-5-17-8(2)9(7-14-17)6-10-11(18)15(3)13(20)16(4)12(10)19/h6-7H,5H2,1-4H3. The highest BCUT2D eigenvalue weighted by Crippen LogP contribution is 2.19. The molecule has 0 saturated carbocycles. The van der Waals surface area contributed by atoms with Crippen LogP contribution in [0.3, 0.4) is 0 Å². The first-order valence-electron chi connectivity index (χ1n) is 6.22. The summed E-state index contributed by atoms with van der Waals surface area (Å²) in [7, 11) is 2.70. The maximum atomic E-state index is 12.0. The lowest BCUT2D eigenvalue weighted by Crippen LogP contribution is -2.52. The van der Waals surface area contributed by atoms with Crippen molar-refractivity contribution in [3.05, 3.63) is 23.0 Å². The number of carbonyl (C=O) groups excluding carboxylic acids is 3. The van der Waals surface area contributed by atoms with Crippen LogP contribution in [0.2, 0.25) is 0 Å². The summed E-state index contributed by atoms with van der Waals surface area (Å²) in [6.07, 6.45) is 3.08. The molecular weight excluding hydrogens is 260 g/mol. The molecule has 1 aromatic heterocycles. The van der Waals surface area contributed by atoms with E-state index in [1.165, 1.54) is 20.2 Å². The van der Waals surface area contributed by atoms with Crippen LogP contribution in [0.5, 0.6) is 0 Å². The van der Waals surface area contributed by atoms with Gasteiger partial charge in [0.05, 0.1) is 6.20 Å². The van der Waals surface area contributed by atoms with Crippen molar-refractivity contribution >= 4 is 23.9 Å². The first-order chi connectivity index (χ1) is 9.38. The SMILES string of the molecule is CCn1ncc(C=C2C(=O)N(C)C(=O)N(C)C2=O)c1C. The normalized spacial score (nSPS) is 16.2. The van der Waals surface area contributed by atoms with E-state index in [2.05, 4.69) is 5.10 Å². The first-order valence-corrected chi connectivity index (χ1v) is 6.22. The van der Waals surface area contributed by atoms with Gasteiger partial charge in [0.15, 0.2) is 0 Å². The molecule has 0 bridgehead atoms. The molecule has 0 aromatic carbocycles. The summed E-state index contributed by atoms with van der Waals surface area (Å²) in [6, 6.07) is -0.627. The van der Waals surface area contributed by atoms with Crippen LogP contribution in [-0.2, 0) is 16.1 Å². The number of amides is 4. The van der Waals surface area contributed by atoms with Crippen LogP contribution in [0.4, 0.5) is 4.79 Å². The minimum absolute atomic E-state index is 0.0339. The van der Waals surface area contributed by atoms with Gasteiger partial charge in [0.25, 0.3) is 11.8 Å². The van der Waals surface area contributed by atoms with Crippen molar-refractivity contribution in [1.82, 2.24) is 19.6 Å². The Morgan fingerprint density at radius 2 is 1.70 bits per heavy atom. The molecule has 7 nitrogen and oxygen atoms in total. The van der Waals surface area contributed by atoms with Crippen molar-refractivity contribution in [2.24, 2.45) is 0 Å². The Balaban J connectivity index is 2.46. The van der Waals surface area contributed by atoms with Crippen molar-refractivity contribution in [3.63, 3.8) is 0 Å². The average Bonchev–Trinajstić information content (AvgIpc) is 2.79. The van der Waals surface area contributed by atoms with Gasteiger partial charge in [-0.2, -0.15) is 5.10 Å². The van der Waals surface area contributed by atoms with Crippen LogP contribution < -0.4 is 0 Å². The molecule has 1 saturated heterocycles. The van der Waals surface area contributed by atoms with Crippen LogP contribution in [0.1, 0.15) is 18.2 Å². The topological polar surface area (TPSA) is 75.5 Å². The second kappa shape index (κ2) is 4.92. The van der Waals surface area contributed by atoms with Crippen molar-refractivity contribution in [2.75, 3.05) is 14.1 Å². The highest BCUT2D eigenvalue weighted by Gasteiger charge is 2.37. The Bertz CT molecular complexity index is 604. The Hall–Kier alpha value is -2.44. The lowest BCUT2D eigenvalue weighted by molar-refractivity contribution is -0.134. The zero-order valence-electron chi connectivity index (χ0n) is 11.9. The fraction of sp³-hybridized carbons (Fsp3) is 0.385. The number of aromatic nitrogens is 2. The van der Waals surface area contributed by atoms with E-state index in [4.69, 9.17) is 0 Å². The number of barbiturate groups is 1. The van der Waals surface area contributed by atoms with Gasteiger partial charge >= 0.3 is 6.03 Å². The maximum Gasteiger partial charge on any atom is 0.333 e. The molecule has 0 aliphatic carbocycles. The highest BCUT2D eigenvalue weighted by atomic mass is 16.2. The van der Waals surface area contributed by atoms with E-state index < -0.39 is 17.8 Å². The van der Waals surface area contributed by atoms with Gasteiger partial charge < -0.3 is 0 Å². The summed E-state index contributed by atoms with van der Waals surface area (Å²) in [5.41, 5.74) is 1.52. The summed E-state index contributed by atoms with van der Waals surface area (Å²) < 4.78 is 1.77. The molecule has 7 heteroatoms. The molecule has 1 aliphatic heterocycles. The van der Waals surface area contributed by atoms with E-state index in [0.717, 1.165) is 15.5 Å². The Kier molecular flexibility index (Phi) is 3.44. The van der Waals surface area contributed by atoms with Gasteiger partial charge in [0, 0.05) is 31.9 Å². The summed E-state index contributed by atoms with van der Waals surface area (Å²) in [5, 5.41) is 4.16. The summed E-state index contributed by atoms with van der Waals surface area (Å²) >= 11 is 0. The summed E-state index contributed by atoms with van der Waals surface area (Å²) in [4.78, 5) is 37.6. The minimum atomic E-state index is -0.627. The number of urea groups is 1.